The zero-order chi connectivity index (χ0) is 7.78. The van der Waals surface area contributed by atoms with E-state index in [1.54, 1.807) is 0 Å². The lowest BCUT2D eigenvalue weighted by Crippen LogP contribution is -2.30. The van der Waals surface area contributed by atoms with E-state index >= 15 is 0 Å². The summed E-state index contributed by atoms with van der Waals surface area (Å²) in [4.78, 5) is 0. The third-order valence-electron chi connectivity index (χ3n) is 1.67. The van der Waals surface area contributed by atoms with E-state index in [4.69, 9.17) is 9.47 Å². The Morgan fingerprint density at radius 2 is 1.27 bits per heavy atom. The van der Waals surface area contributed by atoms with Gasteiger partial charge in [0.1, 0.15) is 0 Å². The highest BCUT2D eigenvalue weighted by Gasteiger charge is 1.94. The highest BCUT2D eigenvalue weighted by Crippen LogP contribution is 1.98. The molecule has 0 aromatic heterocycles. The quantitative estimate of drug-likeness (QED) is 0.555. The summed E-state index contributed by atoms with van der Waals surface area (Å²) in [6.45, 7) is 5.83. The topological polar surface area (TPSA) is 30.5 Å². The second kappa shape index (κ2) is 6.58. The Morgan fingerprint density at radius 1 is 0.727 bits per heavy atom. The molecule has 0 unspecified atom stereocenters. The fraction of sp³-hybridized carbons (Fsp3) is 1.00. The summed E-state index contributed by atoms with van der Waals surface area (Å²) >= 11 is 0. The van der Waals surface area contributed by atoms with E-state index < -0.39 is 0 Å². The van der Waals surface area contributed by atoms with Gasteiger partial charge >= 0.3 is 0 Å². The molecule has 1 N–H and O–H groups in total. The van der Waals surface area contributed by atoms with Crippen LogP contribution in [0.15, 0.2) is 0 Å². The van der Waals surface area contributed by atoms with Gasteiger partial charge in [0, 0.05) is 26.3 Å². The van der Waals surface area contributed by atoms with Gasteiger partial charge in [0.25, 0.3) is 0 Å². The minimum Gasteiger partial charge on any atom is -0.381 e. The summed E-state index contributed by atoms with van der Waals surface area (Å²) in [5.74, 6) is 0. The predicted octanol–water partition coefficient (Wildman–Crippen LogP) is 0.403. The monoisotopic (exact) mass is 159 g/mol. The molecule has 0 spiro atoms. The molecule has 0 saturated carbocycles. The van der Waals surface area contributed by atoms with Gasteiger partial charge in [0.15, 0.2) is 0 Å². The van der Waals surface area contributed by atoms with Crippen molar-refractivity contribution in [1.82, 2.24) is 5.32 Å². The van der Waals surface area contributed by atoms with E-state index in [0.717, 1.165) is 39.5 Å². The average molecular weight is 159 g/mol. The zero-order valence-corrected chi connectivity index (χ0v) is 6.97. The van der Waals surface area contributed by atoms with Crippen LogP contribution in [-0.4, -0.2) is 39.5 Å². The lowest BCUT2D eigenvalue weighted by Gasteiger charge is -2.10. The summed E-state index contributed by atoms with van der Waals surface area (Å²) in [6, 6.07) is 0. The van der Waals surface area contributed by atoms with Crippen molar-refractivity contribution in [3.05, 3.63) is 0 Å². The van der Waals surface area contributed by atoms with Crippen LogP contribution in [0.1, 0.15) is 12.8 Å². The van der Waals surface area contributed by atoms with Gasteiger partial charge in [-0.15, -0.1) is 0 Å². The van der Waals surface area contributed by atoms with Crippen molar-refractivity contribution >= 4 is 0 Å². The van der Waals surface area contributed by atoms with Crippen molar-refractivity contribution in [2.75, 3.05) is 39.5 Å². The SMILES string of the molecule is C1CCOC1.C1COCCN1. The predicted molar refractivity (Wildman–Crippen MR) is 43.7 cm³/mol. The van der Waals surface area contributed by atoms with Crippen LogP contribution >= 0.6 is 0 Å². The smallest absolute Gasteiger partial charge is 0.0591 e. The summed E-state index contributed by atoms with van der Waals surface area (Å²) in [7, 11) is 0. The fourth-order valence-corrected chi connectivity index (χ4v) is 1.03. The van der Waals surface area contributed by atoms with Crippen LogP contribution < -0.4 is 5.32 Å². The molecule has 0 aromatic rings. The summed E-state index contributed by atoms with van der Waals surface area (Å²) in [5.41, 5.74) is 0. The number of nitrogens with one attached hydrogen (secondary N) is 1. The lowest BCUT2D eigenvalue weighted by molar-refractivity contribution is 0.109. The van der Waals surface area contributed by atoms with Gasteiger partial charge in [-0.2, -0.15) is 0 Å². The van der Waals surface area contributed by atoms with Crippen molar-refractivity contribution in [2.45, 2.75) is 12.8 Å². The third-order valence-corrected chi connectivity index (χ3v) is 1.67. The Kier molecular flexibility index (Phi) is 5.37. The Bertz CT molecular complexity index is 61.0. The number of hydrogen-bond acceptors (Lipinski definition) is 3. The van der Waals surface area contributed by atoms with Gasteiger partial charge in [0.05, 0.1) is 13.2 Å². The second-order valence-electron chi connectivity index (χ2n) is 2.68. The number of rotatable bonds is 0. The molecule has 0 atom stereocenters. The van der Waals surface area contributed by atoms with Gasteiger partial charge in [-0.3, -0.25) is 0 Å². The van der Waals surface area contributed by atoms with Crippen LogP contribution in [0.4, 0.5) is 0 Å². The molecule has 0 aromatic carbocycles. The van der Waals surface area contributed by atoms with Crippen molar-refractivity contribution in [2.24, 2.45) is 0 Å². The van der Waals surface area contributed by atoms with Gasteiger partial charge in [-0.25, -0.2) is 0 Å². The van der Waals surface area contributed by atoms with Crippen molar-refractivity contribution in [3.8, 4) is 0 Å². The minimum absolute atomic E-state index is 0.889. The Hall–Kier alpha value is -0.120. The van der Waals surface area contributed by atoms with E-state index in [9.17, 15) is 0 Å². The maximum Gasteiger partial charge on any atom is 0.0591 e. The summed E-state index contributed by atoms with van der Waals surface area (Å²) in [5, 5.41) is 3.16. The molecule has 3 nitrogen and oxygen atoms in total. The molecule has 2 aliphatic heterocycles. The van der Waals surface area contributed by atoms with Crippen LogP contribution in [0.2, 0.25) is 0 Å². The molecule has 2 aliphatic rings. The first-order valence-electron chi connectivity index (χ1n) is 4.36. The molecular formula is C8H17NO2. The van der Waals surface area contributed by atoms with Crippen molar-refractivity contribution < 1.29 is 9.47 Å². The molecule has 11 heavy (non-hydrogen) atoms. The Morgan fingerprint density at radius 3 is 1.45 bits per heavy atom. The standard InChI is InChI=1S/C4H9NO.C4H8O/c1-3-6-4-2-5-1;1-2-4-5-3-1/h5H,1-4H2;1-4H2. The van der Waals surface area contributed by atoms with E-state index in [-0.39, 0.29) is 0 Å². The molecule has 0 amide bonds. The van der Waals surface area contributed by atoms with Crippen LogP contribution in [0.25, 0.3) is 0 Å². The van der Waals surface area contributed by atoms with Gasteiger partial charge < -0.3 is 14.8 Å². The van der Waals surface area contributed by atoms with Crippen molar-refractivity contribution in [3.63, 3.8) is 0 Å². The van der Waals surface area contributed by atoms with E-state index in [1.165, 1.54) is 12.8 Å². The third kappa shape index (κ3) is 5.18. The molecule has 2 heterocycles. The summed E-state index contributed by atoms with van der Waals surface area (Å²) in [6.07, 6.45) is 2.56. The van der Waals surface area contributed by atoms with Crippen molar-refractivity contribution in [1.29, 1.82) is 0 Å². The normalized spacial score (nSPS) is 24.0. The lowest BCUT2D eigenvalue weighted by atomic mass is 10.4. The average Bonchev–Trinajstić information content (AvgIpc) is 2.64. The first kappa shape index (κ1) is 8.97. The molecule has 66 valence electrons. The van der Waals surface area contributed by atoms with Crippen LogP contribution in [0, 0.1) is 0 Å². The minimum atomic E-state index is 0.889. The van der Waals surface area contributed by atoms with Gasteiger partial charge in [0.2, 0.25) is 0 Å². The summed E-state index contributed by atoms with van der Waals surface area (Å²) < 4.78 is 9.95. The number of hydrogen-bond donors (Lipinski definition) is 1. The highest BCUT2D eigenvalue weighted by molar-refractivity contribution is 4.49. The molecule has 0 bridgehead atoms. The highest BCUT2D eigenvalue weighted by atomic mass is 16.5. The fourth-order valence-electron chi connectivity index (χ4n) is 1.03. The maximum atomic E-state index is 5.01. The number of ether oxygens (including phenoxy) is 2. The maximum absolute atomic E-state index is 5.01. The number of morpholine rings is 1. The Labute approximate surface area is 68.1 Å². The van der Waals surface area contributed by atoms with E-state index in [1.807, 2.05) is 0 Å². The Balaban J connectivity index is 0.000000112. The van der Waals surface area contributed by atoms with Gasteiger partial charge in [-0.1, -0.05) is 0 Å². The molecule has 2 saturated heterocycles. The van der Waals surface area contributed by atoms with E-state index in [0.29, 0.717) is 0 Å². The first-order chi connectivity index (χ1) is 5.50. The van der Waals surface area contributed by atoms with Crippen LogP contribution in [-0.2, 0) is 9.47 Å². The molecule has 2 rings (SSSR count). The van der Waals surface area contributed by atoms with Gasteiger partial charge in [-0.05, 0) is 12.8 Å². The first-order valence-corrected chi connectivity index (χ1v) is 4.36. The van der Waals surface area contributed by atoms with E-state index in [2.05, 4.69) is 5.32 Å². The van der Waals surface area contributed by atoms with Crippen LogP contribution in [0.3, 0.4) is 0 Å². The van der Waals surface area contributed by atoms with Crippen LogP contribution in [0.5, 0.6) is 0 Å². The zero-order valence-electron chi connectivity index (χ0n) is 6.97. The molecule has 0 aliphatic carbocycles. The molecule has 3 heteroatoms. The molecule has 2 fully saturated rings. The largest absolute Gasteiger partial charge is 0.381 e. The molecular weight excluding hydrogens is 142 g/mol. The molecule has 0 radical (unpaired) electrons. The second-order valence-corrected chi connectivity index (χ2v) is 2.68.